The van der Waals surface area contributed by atoms with Gasteiger partial charge in [0.2, 0.25) is 0 Å². The van der Waals surface area contributed by atoms with Crippen molar-refractivity contribution in [1.29, 1.82) is 0 Å². The molecule has 0 saturated carbocycles. The monoisotopic (exact) mass is 251 g/mol. The van der Waals surface area contributed by atoms with Crippen LogP contribution in [-0.2, 0) is 11.3 Å². The Kier molecular flexibility index (Phi) is 5.63. The molecule has 0 aliphatic heterocycles. The molecule has 1 unspecified atom stereocenters. The van der Waals surface area contributed by atoms with Gasteiger partial charge in [-0.3, -0.25) is 0 Å². The summed E-state index contributed by atoms with van der Waals surface area (Å²) in [5.41, 5.74) is 1.09. The van der Waals surface area contributed by atoms with Crippen LogP contribution in [-0.4, -0.2) is 25.9 Å². The van der Waals surface area contributed by atoms with Gasteiger partial charge in [-0.2, -0.15) is 0 Å². The van der Waals surface area contributed by atoms with E-state index >= 15 is 0 Å². The minimum absolute atomic E-state index is 0.0901. The van der Waals surface area contributed by atoms with E-state index < -0.39 is 0 Å². The van der Waals surface area contributed by atoms with Crippen LogP contribution >= 0.6 is 0 Å². The lowest BCUT2D eigenvalue weighted by molar-refractivity contribution is 0.00844. The molecule has 1 rings (SSSR count). The third-order valence-corrected chi connectivity index (χ3v) is 3.18. The van der Waals surface area contributed by atoms with Gasteiger partial charge in [0.15, 0.2) is 0 Å². The number of hydrogen-bond donors (Lipinski definition) is 1. The number of methoxy groups -OCH3 is 2. The van der Waals surface area contributed by atoms with Gasteiger partial charge in [0, 0.05) is 25.3 Å². The second kappa shape index (κ2) is 6.76. The third kappa shape index (κ3) is 4.67. The molecule has 3 heteroatoms. The summed E-state index contributed by atoms with van der Waals surface area (Å²) in [6.45, 7) is 7.20. The second-order valence-electron chi connectivity index (χ2n) is 5.26. The fourth-order valence-electron chi connectivity index (χ4n) is 2.03. The van der Waals surface area contributed by atoms with E-state index in [2.05, 4.69) is 32.2 Å². The molecule has 1 N–H and O–H groups in total. The number of ether oxygens (including phenoxy) is 2. The van der Waals surface area contributed by atoms with Crippen LogP contribution in [0.2, 0.25) is 0 Å². The van der Waals surface area contributed by atoms with Gasteiger partial charge in [-0.1, -0.05) is 18.2 Å². The predicted molar refractivity (Wildman–Crippen MR) is 75.0 cm³/mol. The lowest BCUT2D eigenvalue weighted by Gasteiger charge is -2.27. The summed E-state index contributed by atoms with van der Waals surface area (Å²) in [6.07, 6.45) is 0.971. The van der Waals surface area contributed by atoms with Crippen LogP contribution < -0.4 is 10.1 Å². The molecule has 0 amide bonds. The van der Waals surface area contributed by atoms with E-state index in [9.17, 15) is 0 Å². The molecule has 3 nitrogen and oxygen atoms in total. The Morgan fingerprint density at radius 3 is 2.50 bits per heavy atom. The molecule has 0 spiro atoms. The van der Waals surface area contributed by atoms with Crippen molar-refractivity contribution in [3.63, 3.8) is 0 Å². The number of nitrogens with one attached hydrogen (secondary N) is 1. The smallest absolute Gasteiger partial charge is 0.123 e. The summed E-state index contributed by atoms with van der Waals surface area (Å²) in [6, 6.07) is 8.48. The standard InChI is InChI=1S/C15H25NO2/c1-12(10-15(2,3)18-5)16-11-13-8-6-7-9-14(13)17-4/h6-9,12,16H,10-11H2,1-5H3. The van der Waals surface area contributed by atoms with Gasteiger partial charge < -0.3 is 14.8 Å². The molecule has 102 valence electrons. The summed E-state index contributed by atoms with van der Waals surface area (Å²) in [4.78, 5) is 0. The van der Waals surface area contributed by atoms with Crippen molar-refractivity contribution in [3.8, 4) is 5.75 Å². The molecule has 0 fully saturated rings. The zero-order valence-electron chi connectivity index (χ0n) is 12.1. The first-order valence-corrected chi connectivity index (χ1v) is 6.39. The van der Waals surface area contributed by atoms with Crippen molar-refractivity contribution in [2.75, 3.05) is 14.2 Å². The second-order valence-corrected chi connectivity index (χ2v) is 5.26. The Balaban J connectivity index is 2.50. The van der Waals surface area contributed by atoms with Gasteiger partial charge >= 0.3 is 0 Å². The first kappa shape index (κ1) is 15.0. The van der Waals surface area contributed by atoms with Crippen LogP contribution in [0.1, 0.15) is 32.8 Å². The zero-order chi connectivity index (χ0) is 13.6. The number of benzene rings is 1. The van der Waals surface area contributed by atoms with Crippen molar-refractivity contribution >= 4 is 0 Å². The van der Waals surface area contributed by atoms with Crippen LogP contribution in [0, 0.1) is 0 Å². The predicted octanol–water partition coefficient (Wildman–Crippen LogP) is 2.99. The first-order chi connectivity index (χ1) is 8.48. The van der Waals surface area contributed by atoms with Crippen molar-refractivity contribution in [2.45, 2.75) is 45.4 Å². The van der Waals surface area contributed by atoms with Crippen LogP contribution in [0.3, 0.4) is 0 Å². The number of hydrogen-bond acceptors (Lipinski definition) is 3. The van der Waals surface area contributed by atoms with Gasteiger partial charge in [-0.05, 0) is 33.3 Å². The molecular weight excluding hydrogens is 226 g/mol. The van der Waals surface area contributed by atoms with Gasteiger partial charge in [-0.15, -0.1) is 0 Å². The normalized spacial score (nSPS) is 13.4. The highest BCUT2D eigenvalue weighted by molar-refractivity contribution is 5.32. The molecule has 0 aliphatic rings. The Morgan fingerprint density at radius 2 is 1.89 bits per heavy atom. The summed E-state index contributed by atoms with van der Waals surface area (Å²) < 4.78 is 10.8. The molecule has 1 aromatic rings. The molecule has 0 bridgehead atoms. The van der Waals surface area contributed by atoms with E-state index in [1.165, 1.54) is 5.56 Å². The summed E-state index contributed by atoms with van der Waals surface area (Å²) in [5.74, 6) is 0.934. The zero-order valence-corrected chi connectivity index (χ0v) is 12.1. The minimum atomic E-state index is -0.0901. The van der Waals surface area contributed by atoms with Crippen molar-refractivity contribution < 1.29 is 9.47 Å². The van der Waals surface area contributed by atoms with E-state index in [0.717, 1.165) is 18.7 Å². The SMILES string of the molecule is COc1ccccc1CNC(C)CC(C)(C)OC. The van der Waals surface area contributed by atoms with E-state index in [4.69, 9.17) is 9.47 Å². The fraction of sp³-hybridized carbons (Fsp3) is 0.600. The highest BCUT2D eigenvalue weighted by Gasteiger charge is 2.19. The molecule has 0 saturated heterocycles. The third-order valence-electron chi connectivity index (χ3n) is 3.18. The Bertz CT molecular complexity index is 363. The maximum Gasteiger partial charge on any atom is 0.123 e. The maximum atomic E-state index is 5.44. The summed E-state index contributed by atoms with van der Waals surface area (Å²) >= 11 is 0. The molecule has 0 heterocycles. The molecule has 18 heavy (non-hydrogen) atoms. The average Bonchev–Trinajstić information content (AvgIpc) is 2.36. The largest absolute Gasteiger partial charge is 0.496 e. The van der Waals surface area contributed by atoms with Crippen molar-refractivity contribution in [3.05, 3.63) is 29.8 Å². The van der Waals surface area contributed by atoms with Gasteiger partial charge in [-0.25, -0.2) is 0 Å². The molecule has 0 aromatic heterocycles. The topological polar surface area (TPSA) is 30.5 Å². The van der Waals surface area contributed by atoms with Crippen LogP contribution in [0.25, 0.3) is 0 Å². The first-order valence-electron chi connectivity index (χ1n) is 6.39. The highest BCUT2D eigenvalue weighted by atomic mass is 16.5. The van der Waals surface area contributed by atoms with Crippen molar-refractivity contribution in [2.24, 2.45) is 0 Å². The van der Waals surface area contributed by atoms with Gasteiger partial charge in [0.05, 0.1) is 12.7 Å². The van der Waals surface area contributed by atoms with E-state index in [1.54, 1.807) is 14.2 Å². The van der Waals surface area contributed by atoms with Crippen molar-refractivity contribution in [1.82, 2.24) is 5.32 Å². The molecular formula is C15H25NO2. The van der Waals surface area contributed by atoms with Gasteiger partial charge in [0.25, 0.3) is 0 Å². The maximum absolute atomic E-state index is 5.44. The van der Waals surface area contributed by atoms with E-state index in [1.807, 2.05) is 18.2 Å². The van der Waals surface area contributed by atoms with Crippen LogP contribution in [0.5, 0.6) is 5.75 Å². The summed E-state index contributed by atoms with van der Waals surface area (Å²) in [5, 5.41) is 3.50. The summed E-state index contributed by atoms with van der Waals surface area (Å²) in [7, 11) is 3.46. The number of rotatable bonds is 7. The lowest BCUT2D eigenvalue weighted by atomic mass is 9.99. The molecule has 1 aromatic carbocycles. The van der Waals surface area contributed by atoms with Gasteiger partial charge in [0.1, 0.15) is 5.75 Å². The Morgan fingerprint density at radius 1 is 1.22 bits per heavy atom. The van der Waals surface area contributed by atoms with Crippen LogP contribution in [0.15, 0.2) is 24.3 Å². The van der Waals surface area contributed by atoms with Crippen LogP contribution in [0.4, 0.5) is 0 Å². The van der Waals surface area contributed by atoms with E-state index in [0.29, 0.717) is 6.04 Å². The lowest BCUT2D eigenvalue weighted by Crippen LogP contribution is -2.35. The number of para-hydroxylation sites is 1. The van der Waals surface area contributed by atoms with E-state index in [-0.39, 0.29) is 5.60 Å². The Labute approximate surface area is 110 Å². The molecule has 0 aliphatic carbocycles. The quantitative estimate of drug-likeness (QED) is 0.808. The molecule has 0 radical (unpaired) electrons. The fourth-order valence-corrected chi connectivity index (χ4v) is 2.03. The highest BCUT2D eigenvalue weighted by Crippen LogP contribution is 2.19. The molecule has 1 atom stereocenters. The minimum Gasteiger partial charge on any atom is -0.496 e. The average molecular weight is 251 g/mol. The Hall–Kier alpha value is -1.06.